The van der Waals surface area contributed by atoms with Crippen LogP contribution in [0.25, 0.3) is 0 Å². The molecule has 0 radical (unpaired) electrons. The number of pyridine rings is 1. The van der Waals surface area contributed by atoms with E-state index in [0.717, 1.165) is 5.69 Å². The Morgan fingerprint density at radius 1 is 1.04 bits per heavy atom. The van der Waals surface area contributed by atoms with Crippen molar-refractivity contribution >= 4 is 34.6 Å². The van der Waals surface area contributed by atoms with E-state index in [-0.39, 0.29) is 17.4 Å². The van der Waals surface area contributed by atoms with Crippen LogP contribution in [0.5, 0.6) is 5.75 Å². The van der Waals surface area contributed by atoms with Gasteiger partial charge in [-0.25, -0.2) is 9.37 Å². The molecule has 0 aliphatic carbocycles. The number of nitrogens with one attached hydrogen (secondary N) is 2. The van der Waals surface area contributed by atoms with Gasteiger partial charge in [-0.15, -0.1) is 0 Å². The summed E-state index contributed by atoms with van der Waals surface area (Å²) in [5.41, 5.74) is 2.19. The Balaban J connectivity index is 1.66. The number of hydrogen-bond donors (Lipinski definition) is 2. The highest BCUT2D eigenvalue weighted by Gasteiger charge is 2.09. The summed E-state index contributed by atoms with van der Waals surface area (Å²) in [6.07, 6.45) is 1.53. The Bertz CT molecular complexity index is 915. The number of carbonyl (C=O) groups excluding carboxylic acids is 1. The number of halogens is 2. The van der Waals surface area contributed by atoms with Gasteiger partial charge in [0.15, 0.2) is 0 Å². The summed E-state index contributed by atoms with van der Waals surface area (Å²) >= 11 is 6.04. The van der Waals surface area contributed by atoms with E-state index in [1.807, 2.05) is 0 Å². The van der Waals surface area contributed by atoms with Crippen LogP contribution in [0.2, 0.25) is 5.02 Å². The summed E-state index contributed by atoms with van der Waals surface area (Å²) in [5, 5.41) is 6.20. The highest BCUT2D eigenvalue weighted by atomic mass is 35.5. The molecular formula is C19H15ClFN3O2. The van der Waals surface area contributed by atoms with Gasteiger partial charge in [-0.3, -0.25) is 4.79 Å². The molecule has 1 aromatic heterocycles. The number of methoxy groups -OCH3 is 1. The van der Waals surface area contributed by atoms with Crippen LogP contribution in [0, 0.1) is 5.82 Å². The molecule has 2 aromatic carbocycles. The minimum atomic E-state index is -0.362. The molecule has 0 saturated heterocycles. The number of hydrogen-bond acceptors (Lipinski definition) is 4. The second-order valence-corrected chi connectivity index (χ2v) is 5.77. The van der Waals surface area contributed by atoms with Crippen LogP contribution in [-0.2, 0) is 0 Å². The van der Waals surface area contributed by atoms with Crippen LogP contribution < -0.4 is 15.4 Å². The Hall–Kier alpha value is -3.12. The van der Waals surface area contributed by atoms with Crippen molar-refractivity contribution < 1.29 is 13.9 Å². The summed E-state index contributed by atoms with van der Waals surface area (Å²) in [5.74, 6) is -0.141. The van der Waals surface area contributed by atoms with E-state index in [1.54, 1.807) is 42.5 Å². The first kappa shape index (κ1) is 17.7. The van der Waals surface area contributed by atoms with E-state index in [2.05, 4.69) is 15.6 Å². The van der Waals surface area contributed by atoms with Gasteiger partial charge in [-0.2, -0.15) is 0 Å². The van der Waals surface area contributed by atoms with Crippen LogP contribution in [-0.4, -0.2) is 18.0 Å². The lowest BCUT2D eigenvalue weighted by Crippen LogP contribution is -2.13. The zero-order valence-electron chi connectivity index (χ0n) is 13.8. The van der Waals surface area contributed by atoms with Crippen molar-refractivity contribution in [3.8, 4) is 5.75 Å². The molecule has 1 heterocycles. The average molecular weight is 372 g/mol. The maximum absolute atomic E-state index is 12.9. The maximum Gasteiger partial charge on any atom is 0.274 e. The zero-order chi connectivity index (χ0) is 18.5. The first-order chi connectivity index (χ1) is 12.5. The lowest BCUT2D eigenvalue weighted by Gasteiger charge is -2.09. The van der Waals surface area contributed by atoms with Crippen molar-refractivity contribution in [1.29, 1.82) is 0 Å². The standard InChI is InChI=1S/C19H15ClFN3O2/c1-26-18-9-7-14(10-16(18)20)24-19(25)17-8-6-15(11-22-17)23-13-4-2-12(21)3-5-13/h2-11,23H,1H3,(H,24,25). The van der Waals surface area contributed by atoms with E-state index in [1.165, 1.54) is 25.4 Å². The van der Waals surface area contributed by atoms with Crippen LogP contribution >= 0.6 is 11.6 Å². The predicted octanol–water partition coefficient (Wildman–Crippen LogP) is 4.88. The van der Waals surface area contributed by atoms with Crippen LogP contribution in [0.4, 0.5) is 21.5 Å². The van der Waals surface area contributed by atoms with Gasteiger partial charge in [0.25, 0.3) is 5.91 Å². The molecule has 26 heavy (non-hydrogen) atoms. The van der Waals surface area contributed by atoms with E-state index < -0.39 is 0 Å². The molecule has 132 valence electrons. The third-order valence-electron chi connectivity index (χ3n) is 3.54. The lowest BCUT2D eigenvalue weighted by molar-refractivity contribution is 0.102. The molecule has 0 spiro atoms. The highest BCUT2D eigenvalue weighted by Crippen LogP contribution is 2.27. The number of anilines is 3. The number of ether oxygens (including phenoxy) is 1. The minimum Gasteiger partial charge on any atom is -0.495 e. The normalized spacial score (nSPS) is 10.3. The monoisotopic (exact) mass is 371 g/mol. The van der Waals surface area contributed by atoms with Gasteiger partial charge in [0.05, 0.1) is 24.0 Å². The van der Waals surface area contributed by atoms with E-state index >= 15 is 0 Å². The first-order valence-corrected chi connectivity index (χ1v) is 8.06. The molecule has 0 saturated carbocycles. The van der Waals surface area contributed by atoms with Gasteiger partial charge in [-0.1, -0.05) is 11.6 Å². The topological polar surface area (TPSA) is 63.2 Å². The molecule has 0 atom stereocenters. The Labute approximate surface area is 154 Å². The minimum absolute atomic E-state index is 0.251. The second kappa shape index (κ2) is 7.84. The van der Waals surface area contributed by atoms with E-state index in [9.17, 15) is 9.18 Å². The molecule has 3 aromatic rings. The number of benzene rings is 2. The van der Waals surface area contributed by atoms with Crippen molar-refractivity contribution in [2.24, 2.45) is 0 Å². The molecule has 5 nitrogen and oxygen atoms in total. The Morgan fingerprint density at radius 3 is 2.35 bits per heavy atom. The largest absolute Gasteiger partial charge is 0.495 e. The summed E-state index contributed by atoms with van der Waals surface area (Å²) < 4.78 is 18.0. The number of nitrogens with zero attached hydrogens (tertiary/aromatic N) is 1. The second-order valence-electron chi connectivity index (χ2n) is 5.37. The molecule has 1 amide bonds. The van der Waals surface area contributed by atoms with Gasteiger partial charge in [0.1, 0.15) is 17.3 Å². The van der Waals surface area contributed by atoms with Crippen LogP contribution in [0.15, 0.2) is 60.8 Å². The third-order valence-corrected chi connectivity index (χ3v) is 3.83. The maximum atomic E-state index is 12.9. The summed E-state index contributed by atoms with van der Waals surface area (Å²) in [6.45, 7) is 0. The molecule has 7 heteroatoms. The Morgan fingerprint density at radius 2 is 1.73 bits per heavy atom. The van der Waals surface area contributed by atoms with Gasteiger partial charge in [0, 0.05) is 11.4 Å². The van der Waals surface area contributed by atoms with Crippen molar-refractivity contribution in [2.75, 3.05) is 17.7 Å². The number of aromatic nitrogens is 1. The number of carbonyl (C=O) groups is 1. The van der Waals surface area contributed by atoms with E-state index in [0.29, 0.717) is 22.1 Å². The molecule has 2 N–H and O–H groups in total. The fourth-order valence-corrected chi connectivity index (χ4v) is 2.50. The zero-order valence-corrected chi connectivity index (χ0v) is 14.5. The highest BCUT2D eigenvalue weighted by molar-refractivity contribution is 6.32. The first-order valence-electron chi connectivity index (χ1n) is 7.69. The Kier molecular flexibility index (Phi) is 5.34. The molecule has 0 unspecified atom stereocenters. The molecule has 0 aliphatic heterocycles. The van der Waals surface area contributed by atoms with Gasteiger partial charge in [-0.05, 0) is 54.6 Å². The number of rotatable bonds is 5. The molecule has 0 bridgehead atoms. The molecule has 0 aliphatic rings. The SMILES string of the molecule is COc1ccc(NC(=O)c2ccc(Nc3ccc(F)cc3)cn2)cc1Cl. The summed E-state index contributed by atoms with van der Waals surface area (Å²) in [6, 6.07) is 14.2. The predicted molar refractivity (Wildman–Crippen MR) is 99.9 cm³/mol. The smallest absolute Gasteiger partial charge is 0.274 e. The molecular weight excluding hydrogens is 357 g/mol. The molecule has 0 fully saturated rings. The van der Waals surface area contributed by atoms with Gasteiger partial charge >= 0.3 is 0 Å². The average Bonchev–Trinajstić information content (AvgIpc) is 2.64. The van der Waals surface area contributed by atoms with Crippen LogP contribution in [0.3, 0.4) is 0 Å². The van der Waals surface area contributed by atoms with Crippen molar-refractivity contribution in [3.63, 3.8) is 0 Å². The lowest BCUT2D eigenvalue weighted by atomic mass is 10.2. The quantitative estimate of drug-likeness (QED) is 0.671. The van der Waals surface area contributed by atoms with Crippen molar-refractivity contribution in [1.82, 2.24) is 4.98 Å². The van der Waals surface area contributed by atoms with Gasteiger partial charge in [0.2, 0.25) is 0 Å². The van der Waals surface area contributed by atoms with Crippen molar-refractivity contribution in [3.05, 3.63) is 77.3 Å². The number of amides is 1. The van der Waals surface area contributed by atoms with Crippen LogP contribution in [0.1, 0.15) is 10.5 Å². The van der Waals surface area contributed by atoms with Crippen molar-refractivity contribution in [2.45, 2.75) is 0 Å². The molecule has 3 rings (SSSR count). The third kappa shape index (κ3) is 4.29. The summed E-state index contributed by atoms with van der Waals surface area (Å²) in [4.78, 5) is 16.4. The fraction of sp³-hybridized carbons (Fsp3) is 0.0526. The van der Waals surface area contributed by atoms with Gasteiger partial charge < -0.3 is 15.4 Å². The summed E-state index contributed by atoms with van der Waals surface area (Å²) in [7, 11) is 1.52. The fourth-order valence-electron chi connectivity index (χ4n) is 2.24. The van der Waals surface area contributed by atoms with E-state index in [4.69, 9.17) is 16.3 Å².